The van der Waals surface area contributed by atoms with E-state index in [-0.39, 0.29) is 23.5 Å². The monoisotopic (exact) mass is 256 g/mol. The molecule has 0 aromatic rings. The standard InChI is InChI=1S/C13H20O5/c1-13(2,3)9-5-4-7(14)6-8(9)10(11(15)16)12(17)18/h8-10H,4-6H2,1-3H3,(H,15,16)(H,17,18). The summed E-state index contributed by atoms with van der Waals surface area (Å²) in [4.78, 5) is 33.8. The van der Waals surface area contributed by atoms with Gasteiger partial charge in [-0.2, -0.15) is 0 Å². The highest BCUT2D eigenvalue weighted by Crippen LogP contribution is 2.44. The Labute approximate surface area is 106 Å². The first-order valence-corrected chi connectivity index (χ1v) is 6.12. The number of carbonyl (C=O) groups is 3. The molecule has 0 saturated heterocycles. The van der Waals surface area contributed by atoms with Gasteiger partial charge in [0, 0.05) is 12.8 Å². The molecule has 1 fully saturated rings. The van der Waals surface area contributed by atoms with Crippen LogP contribution in [0.25, 0.3) is 0 Å². The molecule has 1 rings (SSSR count). The molecule has 1 saturated carbocycles. The Morgan fingerprint density at radius 1 is 1.22 bits per heavy atom. The highest BCUT2D eigenvalue weighted by Gasteiger charge is 2.46. The molecule has 1 aliphatic carbocycles. The molecule has 1 aliphatic rings. The van der Waals surface area contributed by atoms with Crippen LogP contribution >= 0.6 is 0 Å². The van der Waals surface area contributed by atoms with Crippen molar-refractivity contribution in [2.45, 2.75) is 40.0 Å². The summed E-state index contributed by atoms with van der Waals surface area (Å²) in [6.07, 6.45) is 1.06. The molecule has 0 spiro atoms. The molecule has 0 aromatic heterocycles. The molecule has 0 radical (unpaired) electrons. The largest absolute Gasteiger partial charge is 0.481 e. The molecule has 0 bridgehead atoms. The van der Waals surface area contributed by atoms with Crippen LogP contribution in [-0.4, -0.2) is 27.9 Å². The number of carboxylic acid groups (broad SMARTS) is 2. The van der Waals surface area contributed by atoms with Gasteiger partial charge >= 0.3 is 11.9 Å². The summed E-state index contributed by atoms with van der Waals surface area (Å²) in [5.74, 6) is -4.90. The Bertz CT molecular complexity index is 352. The van der Waals surface area contributed by atoms with Gasteiger partial charge in [0.05, 0.1) is 0 Å². The Morgan fingerprint density at radius 2 is 1.72 bits per heavy atom. The third kappa shape index (κ3) is 3.09. The van der Waals surface area contributed by atoms with Crippen molar-refractivity contribution in [3.8, 4) is 0 Å². The van der Waals surface area contributed by atoms with Crippen LogP contribution in [0.1, 0.15) is 40.0 Å². The van der Waals surface area contributed by atoms with E-state index in [2.05, 4.69) is 0 Å². The van der Waals surface area contributed by atoms with E-state index in [1.165, 1.54) is 0 Å². The van der Waals surface area contributed by atoms with Gasteiger partial charge in [-0.3, -0.25) is 14.4 Å². The molecule has 5 nitrogen and oxygen atoms in total. The first kappa shape index (κ1) is 14.7. The van der Waals surface area contributed by atoms with E-state index in [1.807, 2.05) is 20.8 Å². The van der Waals surface area contributed by atoms with Crippen LogP contribution in [0.2, 0.25) is 0 Å². The minimum Gasteiger partial charge on any atom is -0.481 e. The van der Waals surface area contributed by atoms with E-state index in [4.69, 9.17) is 10.2 Å². The van der Waals surface area contributed by atoms with Gasteiger partial charge < -0.3 is 10.2 Å². The second-order valence-electron chi connectivity index (χ2n) is 6.07. The fraction of sp³-hybridized carbons (Fsp3) is 0.769. The smallest absolute Gasteiger partial charge is 0.318 e. The van der Waals surface area contributed by atoms with E-state index in [0.717, 1.165) is 0 Å². The van der Waals surface area contributed by atoms with Crippen LogP contribution in [0.4, 0.5) is 0 Å². The fourth-order valence-electron chi connectivity index (χ4n) is 2.94. The summed E-state index contributed by atoms with van der Waals surface area (Å²) in [5.41, 5.74) is -0.200. The molecule has 2 atom stereocenters. The molecule has 18 heavy (non-hydrogen) atoms. The van der Waals surface area contributed by atoms with Crippen LogP contribution < -0.4 is 0 Å². The lowest BCUT2D eigenvalue weighted by molar-refractivity contribution is -0.160. The number of rotatable bonds is 3. The SMILES string of the molecule is CC(C)(C)C1CCC(=O)CC1C(C(=O)O)C(=O)O. The molecule has 5 heteroatoms. The average Bonchev–Trinajstić information content (AvgIpc) is 2.13. The topological polar surface area (TPSA) is 91.7 Å². The summed E-state index contributed by atoms with van der Waals surface area (Å²) >= 11 is 0. The van der Waals surface area contributed by atoms with Crippen molar-refractivity contribution in [3.05, 3.63) is 0 Å². The fourth-order valence-corrected chi connectivity index (χ4v) is 2.94. The lowest BCUT2D eigenvalue weighted by atomic mass is 9.62. The van der Waals surface area contributed by atoms with Gasteiger partial charge in [0.1, 0.15) is 5.78 Å². The van der Waals surface area contributed by atoms with Gasteiger partial charge in [0.25, 0.3) is 0 Å². The number of hydrogen-bond donors (Lipinski definition) is 2. The zero-order valence-corrected chi connectivity index (χ0v) is 11.0. The first-order valence-electron chi connectivity index (χ1n) is 6.12. The van der Waals surface area contributed by atoms with E-state index in [1.54, 1.807) is 0 Å². The zero-order chi connectivity index (χ0) is 14.1. The number of carbonyl (C=O) groups excluding carboxylic acids is 1. The van der Waals surface area contributed by atoms with Crippen LogP contribution in [0.3, 0.4) is 0 Å². The third-order valence-corrected chi connectivity index (χ3v) is 3.79. The van der Waals surface area contributed by atoms with Gasteiger partial charge in [-0.1, -0.05) is 20.8 Å². The number of aliphatic carboxylic acids is 2. The van der Waals surface area contributed by atoms with Crippen LogP contribution in [0, 0.1) is 23.2 Å². The molecule has 0 heterocycles. The lowest BCUT2D eigenvalue weighted by Gasteiger charge is -2.41. The van der Waals surface area contributed by atoms with Crippen molar-refractivity contribution in [3.63, 3.8) is 0 Å². The molecule has 0 aromatic carbocycles. The van der Waals surface area contributed by atoms with Gasteiger partial charge in [0.2, 0.25) is 0 Å². The summed E-state index contributed by atoms with van der Waals surface area (Å²) in [5, 5.41) is 18.1. The Kier molecular flexibility index (Phi) is 4.14. The maximum Gasteiger partial charge on any atom is 0.318 e. The van der Waals surface area contributed by atoms with Crippen molar-refractivity contribution in [1.82, 2.24) is 0 Å². The normalized spacial score (nSPS) is 25.2. The second kappa shape index (κ2) is 5.08. The van der Waals surface area contributed by atoms with E-state index >= 15 is 0 Å². The Balaban J connectivity index is 3.08. The average molecular weight is 256 g/mol. The second-order valence-corrected chi connectivity index (χ2v) is 6.07. The van der Waals surface area contributed by atoms with Crippen LogP contribution in [0.15, 0.2) is 0 Å². The van der Waals surface area contributed by atoms with Crippen LogP contribution in [0.5, 0.6) is 0 Å². The summed E-state index contributed by atoms with van der Waals surface area (Å²) in [6.45, 7) is 5.88. The van der Waals surface area contributed by atoms with E-state index in [0.29, 0.717) is 12.8 Å². The van der Waals surface area contributed by atoms with Crippen molar-refractivity contribution in [1.29, 1.82) is 0 Å². The molecule has 0 aliphatic heterocycles. The predicted molar refractivity (Wildman–Crippen MR) is 64.1 cm³/mol. The molecular weight excluding hydrogens is 236 g/mol. The van der Waals surface area contributed by atoms with Gasteiger partial charge in [-0.15, -0.1) is 0 Å². The molecule has 2 N–H and O–H groups in total. The Hall–Kier alpha value is -1.39. The summed E-state index contributed by atoms with van der Waals surface area (Å²) < 4.78 is 0. The predicted octanol–water partition coefficient (Wildman–Crippen LogP) is 1.80. The quantitative estimate of drug-likeness (QED) is 0.751. The lowest BCUT2D eigenvalue weighted by Crippen LogP contribution is -2.43. The van der Waals surface area contributed by atoms with Crippen LogP contribution in [-0.2, 0) is 14.4 Å². The molecule has 0 amide bonds. The summed E-state index contributed by atoms with van der Waals surface area (Å²) in [6, 6.07) is 0. The molecule has 102 valence electrons. The maximum atomic E-state index is 11.5. The number of carboxylic acids is 2. The summed E-state index contributed by atoms with van der Waals surface area (Å²) in [7, 11) is 0. The minimum absolute atomic E-state index is 0.0343. The highest BCUT2D eigenvalue weighted by atomic mass is 16.4. The number of ketones is 1. The highest BCUT2D eigenvalue weighted by molar-refractivity contribution is 5.94. The molecule has 2 unspecified atom stereocenters. The van der Waals surface area contributed by atoms with Crippen molar-refractivity contribution in [2.24, 2.45) is 23.2 Å². The zero-order valence-electron chi connectivity index (χ0n) is 11.0. The van der Waals surface area contributed by atoms with E-state index < -0.39 is 23.8 Å². The van der Waals surface area contributed by atoms with Crippen molar-refractivity contribution < 1.29 is 24.6 Å². The van der Waals surface area contributed by atoms with Gasteiger partial charge in [-0.25, -0.2) is 0 Å². The maximum absolute atomic E-state index is 11.5. The van der Waals surface area contributed by atoms with Gasteiger partial charge in [0.15, 0.2) is 5.92 Å². The molecular formula is C13H20O5. The third-order valence-electron chi connectivity index (χ3n) is 3.79. The number of hydrogen-bond acceptors (Lipinski definition) is 3. The van der Waals surface area contributed by atoms with Crippen molar-refractivity contribution in [2.75, 3.05) is 0 Å². The van der Waals surface area contributed by atoms with E-state index in [9.17, 15) is 14.4 Å². The minimum atomic E-state index is -1.49. The van der Waals surface area contributed by atoms with Crippen molar-refractivity contribution >= 4 is 17.7 Å². The van der Waals surface area contributed by atoms with Gasteiger partial charge in [-0.05, 0) is 23.7 Å². The number of Topliss-reactive ketones (excluding diaryl/α,β-unsaturated/α-hetero) is 1. The Morgan fingerprint density at radius 3 is 2.11 bits per heavy atom. The first-order chi connectivity index (χ1) is 8.14.